The summed E-state index contributed by atoms with van der Waals surface area (Å²) in [6.45, 7) is 4.81. The molecule has 0 bridgehead atoms. The number of benzene rings is 1. The van der Waals surface area contributed by atoms with Gasteiger partial charge in [0.2, 0.25) is 5.95 Å². The van der Waals surface area contributed by atoms with Crippen molar-refractivity contribution in [2.45, 2.75) is 45.4 Å². The second-order valence-electron chi connectivity index (χ2n) is 7.94. The summed E-state index contributed by atoms with van der Waals surface area (Å²) in [5.74, 6) is 0.0576. The second kappa shape index (κ2) is 13.1. The third-order valence-corrected chi connectivity index (χ3v) is 5.99. The molecule has 194 valence electrons. The summed E-state index contributed by atoms with van der Waals surface area (Å²) in [6.07, 6.45) is -0.422. The Morgan fingerprint density at radius 2 is 1.80 bits per heavy atom. The van der Waals surface area contributed by atoms with Gasteiger partial charge in [0, 0.05) is 13.2 Å². The number of carbonyl (C=O) groups excluding carboxylic acids is 1. The van der Waals surface area contributed by atoms with E-state index < -0.39 is 19.8 Å². The van der Waals surface area contributed by atoms with Crippen LogP contribution in [0.5, 0.6) is 5.75 Å². The Labute approximate surface area is 204 Å². The van der Waals surface area contributed by atoms with Crippen LogP contribution in [0.15, 0.2) is 30.3 Å². The van der Waals surface area contributed by atoms with Crippen LogP contribution in [0.2, 0.25) is 0 Å². The molecule has 2 aromatic rings. The third kappa shape index (κ3) is 9.57. The lowest BCUT2D eigenvalue weighted by Gasteiger charge is -2.25. The van der Waals surface area contributed by atoms with E-state index in [1.165, 1.54) is 7.11 Å². The minimum absolute atomic E-state index is 0.0147. The molecular weight excluding hydrogens is 477 g/mol. The summed E-state index contributed by atoms with van der Waals surface area (Å²) in [7, 11) is -2.47. The summed E-state index contributed by atoms with van der Waals surface area (Å²) < 4.78 is 35.2. The Morgan fingerprint density at radius 3 is 2.43 bits per heavy atom. The van der Waals surface area contributed by atoms with E-state index in [1.807, 2.05) is 6.92 Å². The number of nitrogens with two attached hydrogens (primary N) is 3. The third-order valence-electron chi connectivity index (χ3n) is 4.51. The lowest BCUT2D eigenvalue weighted by molar-refractivity contribution is -0.145. The van der Waals surface area contributed by atoms with Gasteiger partial charge < -0.3 is 36.5 Å². The molecule has 1 aromatic carbocycles. The van der Waals surface area contributed by atoms with Crippen molar-refractivity contribution in [2.75, 3.05) is 42.8 Å². The first-order valence-corrected chi connectivity index (χ1v) is 12.5. The first-order chi connectivity index (χ1) is 16.5. The number of methoxy groups -OCH3 is 1. The maximum absolute atomic E-state index is 13.4. The van der Waals surface area contributed by atoms with E-state index in [9.17, 15) is 9.36 Å². The van der Waals surface area contributed by atoms with Gasteiger partial charge in [-0.25, -0.2) is 9.65 Å². The van der Waals surface area contributed by atoms with E-state index in [0.717, 1.165) is 0 Å². The number of hydrogen-bond donors (Lipinski definition) is 5. The number of rotatable bonds is 14. The van der Waals surface area contributed by atoms with Gasteiger partial charge in [0.05, 0.1) is 18.8 Å². The molecule has 13 nitrogen and oxygen atoms in total. The molecule has 35 heavy (non-hydrogen) atoms. The number of nitrogens with one attached hydrogen (secondary N) is 2. The highest BCUT2D eigenvalue weighted by molar-refractivity contribution is 7.52. The topological polar surface area (TPSA) is 199 Å². The Bertz CT molecular complexity index is 1010. The number of esters is 1. The average Bonchev–Trinajstić information content (AvgIpc) is 2.79. The predicted octanol–water partition coefficient (Wildman–Crippen LogP) is 2.17. The molecule has 1 aromatic heterocycles. The number of ether oxygens (including phenoxy) is 2. The summed E-state index contributed by atoms with van der Waals surface area (Å²) in [5, 5.41) is 5.65. The number of para-hydroxylation sites is 1. The summed E-state index contributed by atoms with van der Waals surface area (Å²) in [6, 6.07) is 8.24. The van der Waals surface area contributed by atoms with Gasteiger partial charge >= 0.3 is 13.7 Å². The van der Waals surface area contributed by atoms with Gasteiger partial charge in [-0.1, -0.05) is 18.2 Å². The molecule has 0 fully saturated rings. The molecule has 0 aliphatic carbocycles. The molecule has 1 heterocycles. The Balaban J connectivity index is 2.03. The van der Waals surface area contributed by atoms with Crippen LogP contribution >= 0.6 is 7.75 Å². The van der Waals surface area contributed by atoms with Crippen LogP contribution < -0.4 is 32.1 Å². The van der Waals surface area contributed by atoms with Crippen LogP contribution in [0.25, 0.3) is 0 Å². The molecular formula is C21H34N7O6P. The van der Waals surface area contributed by atoms with Crippen molar-refractivity contribution in [3.63, 3.8) is 0 Å². The Kier molecular flexibility index (Phi) is 10.5. The molecule has 0 saturated carbocycles. The lowest BCUT2D eigenvalue weighted by Crippen LogP contribution is -2.31. The van der Waals surface area contributed by atoms with Gasteiger partial charge in [0.15, 0.2) is 11.6 Å². The van der Waals surface area contributed by atoms with Crippen molar-refractivity contribution >= 4 is 37.0 Å². The molecule has 0 aliphatic heterocycles. The molecule has 3 atom stereocenters. The minimum atomic E-state index is -3.96. The van der Waals surface area contributed by atoms with E-state index in [0.29, 0.717) is 18.0 Å². The molecule has 3 unspecified atom stereocenters. The standard InChI is InChI=1S/C21H34N7O6P/c1-13(2)33-17(29)11-25-35(30,34-15-8-6-5-7-9-15)32-12-16(31-4)10-14(3)26-20-18(22)19(23)27-21(24)28-20/h5-9,13-14,16H,10-12,22H2,1-4H3,(H,25,30)(H5,23,24,26,27,28). The monoisotopic (exact) mass is 511 g/mol. The number of hydrogen-bond acceptors (Lipinski definition) is 12. The highest BCUT2D eigenvalue weighted by Crippen LogP contribution is 2.44. The smallest absolute Gasteiger partial charge is 0.459 e. The molecule has 0 radical (unpaired) electrons. The molecule has 0 aliphatic rings. The molecule has 2 rings (SSSR count). The van der Waals surface area contributed by atoms with Crippen molar-refractivity contribution in [2.24, 2.45) is 0 Å². The van der Waals surface area contributed by atoms with Crippen LogP contribution in [0.3, 0.4) is 0 Å². The lowest BCUT2D eigenvalue weighted by atomic mass is 10.1. The highest BCUT2D eigenvalue weighted by atomic mass is 31.2. The zero-order valence-corrected chi connectivity index (χ0v) is 21.2. The van der Waals surface area contributed by atoms with E-state index in [1.54, 1.807) is 44.2 Å². The maximum Gasteiger partial charge on any atom is 0.459 e. The predicted molar refractivity (Wildman–Crippen MR) is 134 cm³/mol. The SMILES string of the molecule is COC(COP(=O)(NCC(=O)OC(C)C)Oc1ccccc1)CC(C)Nc1nc(N)nc(N)c1N. The number of carbonyl (C=O) groups is 1. The average molecular weight is 512 g/mol. The fourth-order valence-corrected chi connectivity index (χ4v) is 4.20. The van der Waals surface area contributed by atoms with Gasteiger partial charge in [-0.3, -0.25) is 9.32 Å². The van der Waals surface area contributed by atoms with E-state index >= 15 is 0 Å². The Hall–Kier alpha value is -3.12. The highest BCUT2D eigenvalue weighted by Gasteiger charge is 2.30. The minimum Gasteiger partial charge on any atom is -0.462 e. The molecule has 0 spiro atoms. The van der Waals surface area contributed by atoms with Crippen molar-refractivity contribution in [1.82, 2.24) is 15.1 Å². The van der Waals surface area contributed by atoms with E-state index in [4.69, 9.17) is 35.7 Å². The number of nitrogen functional groups attached to an aromatic ring is 3. The van der Waals surface area contributed by atoms with Crippen molar-refractivity contribution < 1.29 is 27.9 Å². The van der Waals surface area contributed by atoms with Crippen LogP contribution in [0, 0.1) is 0 Å². The Morgan fingerprint density at radius 1 is 1.11 bits per heavy atom. The number of nitrogens with zero attached hydrogens (tertiary/aromatic N) is 2. The van der Waals surface area contributed by atoms with Crippen LogP contribution in [-0.4, -0.2) is 54.4 Å². The van der Waals surface area contributed by atoms with Gasteiger partial charge in [-0.2, -0.15) is 9.97 Å². The largest absolute Gasteiger partial charge is 0.462 e. The summed E-state index contributed by atoms with van der Waals surface area (Å²) in [4.78, 5) is 19.8. The summed E-state index contributed by atoms with van der Waals surface area (Å²) >= 11 is 0. The van der Waals surface area contributed by atoms with Crippen LogP contribution in [-0.2, 0) is 23.4 Å². The van der Waals surface area contributed by atoms with Crippen molar-refractivity contribution in [3.8, 4) is 5.75 Å². The first kappa shape index (κ1) is 28.1. The molecule has 0 amide bonds. The fraction of sp³-hybridized carbons (Fsp3) is 0.476. The van der Waals surface area contributed by atoms with Gasteiger partial charge in [0.25, 0.3) is 0 Å². The molecule has 14 heteroatoms. The number of anilines is 4. The van der Waals surface area contributed by atoms with Crippen LogP contribution in [0.4, 0.5) is 23.3 Å². The molecule has 8 N–H and O–H groups in total. The number of aromatic nitrogens is 2. The van der Waals surface area contributed by atoms with Gasteiger partial charge in [-0.15, -0.1) is 0 Å². The maximum atomic E-state index is 13.4. The van der Waals surface area contributed by atoms with Gasteiger partial charge in [-0.05, 0) is 39.3 Å². The van der Waals surface area contributed by atoms with E-state index in [2.05, 4.69) is 20.4 Å². The normalized spacial score (nSPS) is 14.7. The van der Waals surface area contributed by atoms with E-state index in [-0.39, 0.29) is 42.8 Å². The zero-order valence-electron chi connectivity index (χ0n) is 20.3. The fourth-order valence-electron chi connectivity index (χ4n) is 2.91. The first-order valence-electron chi connectivity index (χ1n) is 10.9. The summed E-state index contributed by atoms with van der Waals surface area (Å²) in [5.41, 5.74) is 17.5. The van der Waals surface area contributed by atoms with Crippen molar-refractivity contribution in [3.05, 3.63) is 30.3 Å². The second-order valence-corrected chi connectivity index (χ2v) is 9.69. The zero-order chi connectivity index (χ0) is 26.0. The van der Waals surface area contributed by atoms with Crippen molar-refractivity contribution in [1.29, 1.82) is 0 Å². The van der Waals surface area contributed by atoms with Crippen LogP contribution in [0.1, 0.15) is 27.2 Å². The quantitative estimate of drug-likeness (QED) is 0.183. The molecule has 0 saturated heterocycles. The van der Waals surface area contributed by atoms with Gasteiger partial charge in [0.1, 0.15) is 18.0 Å².